The molecule has 256 valence electrons. The highest BCUT2D eigenvalue weighted by Gasteiger charge is 2.22. The van der Waals surface area contributed by atoms with E-state index in [0.29, 0.717) is 0 Å². The molecule has 0 fully saturated rings. The third-order valence-electron chi connectivity index (χ3n) is 11.0. The van der Waals surface area contributed by atoms with E-state index in [1.165, 1.54) is 65.3 Å². The van der Waals surface area contributed by atoms with E-state index in [1.807, 2.05) is 12.1 Å². The fourth-order valence-corrected chi connectivity index (χ4v) is 8.36. The zero-order valence-electron chi connectivity index (χ0n) is 29.9. The van der Waals surface area contributed by atoms with Crippen LogP contribution >= 0.6 is 0 Å². The summed E-state index contributed by atoms with van der Waals surface area (Å²) in [6.45, 7) is 0. The average molecular weight is 700 g/mol. The lowest BCUT2D eigenvalue weighted by atomic mass is 9.85. The molecule has 11 rings (SSSR count). The van der Waals surface area contributed by atoms with Crippen molar-refractivity contribution in [2.45, 2.75) is 0 Å². The van der Waals surface area contributed by atoms with Gasteiger partial charge in [0.15, 0.2) is 0 Å². The summed E-state index contributed by atoms with van der Waals surface area (Å²) in [4.78, 5) is 12.7. The summed E-state index contributed by atoms with van der Waals surface area (Å²) in [6, 6.07) is 71.8. The minimum atomic E-state index is 0.809. The van der Waals surface area contributed by atoms with Crippen LogP contribution in [0.1, 0.15) is 0 Å². The van der Waals surface area contributed by atoms with E-state index in [-0.39, 0.29) is 0 Å². The van der Waals surface area contributed by atoms with Gasteiger partial charge in [-0.1, -0.05) is 140 Å². The van der Waals surface area contributed by atoms with Crippen molar-refractivity contribution in [2.75, 3.05) is 4.90 Å². The van der Waals surface area contributed by atoms with Crippen LogP contribution in [0.25, 0.3) is 87.1 Å². The van der Waals surface area contributed by atoms with E-state index >= 15 is 0 Å². The molecule has 0 aliphatic rings. The van der Waals surface area contributed by atoms with Crippen LogP contribution in [0.15, 0.2) is 200 Å². The zero-order chi connectivity index (χ0) is 36.3. The van der Waals surface area contributed by atoms with Gasteiger partial charge in [0.05, 0.1) is 11.0 Å². The average Bonchev–Trinajstić information content (AvgIpc) is 3.25. The first-order valence-corrected chi connectivity index (χ1v) is 18.7. The van der Waals surface area contributed by atoms with Gasteiger partial charge in [0.2, 0.25) is 0 Å². The van der Waals surface area contributed by atoms with Gasteiger partial charge >= 0.3 is 0 Å². The van der Waals surface area contributed by atoms with Crippen LogP contribution in [0.4, 0.5) is 17.3 Å². The maximum Gasteiger partial charge on any atom is 0.139 e. The lowest BCUT2D eigenvalue weighted by molar-refractivity contribution is 1.16. The minimum absolute atomic E-state index is 0.809. The third kappa shape index (κ3) is 5.28. The summed E-state index contributed by atoms with van der Waals surface area (Å²) < 4.78 is 0. The summed E-state index contributed by atoms with van der Waals surface area (Å²) in [7, 11) is 0. The predicted molar refractivity (Wildman–Crippen MR) is 233 cm³/mol. The van der Waals surface area contributed by atoms with E-state index < -0.39 is 0 Å². The fraction of sp³-hybridized carbons (Fsp3) is 0. The Kier molecular flexibility index (Phi) is 7.17. The number of benzene rings is 9. The maximum atomic E-state index is 5.23. The molecule has 2 aromatic heterocycles. The summed E-state index contributed by atoms with van der Waals surface area (Å²) in [6.07, 6.45) is 0. The molecule has 0 N–H and O–H groups in total. The normalized spacial score (nSPS) is 11.6. The van der Waals surface area contributed by atoms with E-state index in [0.717, 1.165) is 39.1 Å². The Morgan fingerprint density at radius 2 is 0.709 bits per heavy atom. The van der Waals surface area contributed by atoms with Gasteiger partial charge in [0.25, 0.3) is 0 Å². The van der Waals surface area contributed by atoms with Crippen LogP contribution in [0.2, 0.25) is 0 Å². The number of anilines is 3. The molecule has 0 atom stereocenters. The van der Waals surface area contributed by atoms with Gasteiger partial charge in [-0.25, -0.2) is 9.97 Å². The predicted octanol–water partition coefficient (Wildman–Crippen LogP) is 14.2. The quantitative estimate of drug-likeness (QED) is 0.167. The van der Waals surface area contributed by atoms with E-state index in [2.05, 4.69) is 193 Å². The van der Waals surface area contributed by atoms with E-state index in [1.54, 1.807) is 0 Å². The standard InChI is InChI=1S/C52H33N3/c1-3-15-38-31-40(23-21-34(38)11-1)51-43-17-7-8-18-44(43)52(41-24-22-35-12-2-4-16-39(35)32-41)46-33-42(27-28-45(46)51)55(49-29-25-36-13-5-9-19-47(36)53-49)50-30-26-37-14-6-10-20-48(37)54-50/h1-33H. The Morgan fingerprint density at radius 1 is 0.291 bits per heavy atom. The van der Waals surface area contributed by atoms with Crippen LogP contribution in [-0.2, 0) is 0 Å². The minimum Gasteiger partial charge on any atom is -0.279 e. The number of rotatable bonds is 5. The number of hydrogen-bond donors (Lipinski definition) is 0. The van der Waals surface area contributed by atoms with Crippen molar-refractivity contribution in [1.82, 2.24) is 9.97 Å². The lowest BCUT2D eigenvalue weighted by Crippen LogP contribution is -2.13. The molecule has 0 radical (unpaired) electrons. The second-order valence-electron chi connectivity index (χ2n) is 14.2. The van der Waals surface area contributed by atoms with Crippen LogP contribution in [-0.4, -0.2) is 9.97 Å². The molecule has 55 heavy (non-hydrogen) atoms. The molecule has 3 heteroatoms. The molecular formula is C52H33N3. The molecule has 3 nitrogen and oxygen atoms in total. The van der Waals surface area contributed by atoms with Gasteiger partial charge < -0.3 is 0 Å². The number of fused-ring (bicyclic) bond motifs is 6. The Hall–Kier alpha value is -7.36. The van der Waals surface area contributed by atoms with Crippen molar-refractivity contribution in [3.63, 3.8) is 0 Å². The molecule has 0 unspecified atom stereocenters. The molecule has 0 bridgehead atoms. The van der Waals surface area contributed by atoms with Gasteiger partial charge in [0.1, 0.15) is 11.6 Å². The number of hydrogen-bond acceptors (Lipinski definition) is 3. The van der Waals surface area contributed by atoms with Crippen LogP contribution in [0, 0.1) is 0 Å². The first-order chi connectivity index (χ1) is 27.2. The molecule has 0 aliphatic carbocycles. The number of aromatic nitrogens is 2. The first kappa shape index (κ1) is 31.2. The number of nitrogens with zero attached hydrogens (tertiary/aromatic N) is 3. The lowest BCUT2D eigenvalue weighted by Gasteiger charge is -2.25. The summed E-state index contributed by atoms with van der Waals surface area (Å²) in [5.41, 5.74) is 7.68. The van der Waals surface area contributed by atoms with Crippen molar-refractivity contribution in [2.24, 2.45) is 0 Å². The largest absolute Gasteiger partial charge is 0.279 e. The first-order valence-electron chi connectivity index (χ1n) is 18.7. The maximum absolute atomic E-state index is 5.23. The molecule has 11 aromatic rings. The molecule has 0 saturated heterocycles. The van der Waals surface area contributed by atoms with E-state index in [4.69, 9.17) is 9.97 Å². The molecule has 0 spiro atoms. The summed E-state index contributed by atoms with van der Waals surface area (Å²) >= 11 is 0. The molecule has 9 aromatic carbocycles. The highest BCUT2D eigenvalue weighted by atomic mass is 15.2. The smallest absolute Gasteiger partial charge is 0.139 e. The molecule has 0 aliphatic heterocycles. The summed E-state index contributed by atoms with van der Waals surface area (Å²) in [5.74, 6) is 1.62. The topological polar surface area (TPSA) is 29.0 Å². The van der Waals surface area contributed by atoms with Crippen LogP contribution in [0.5, 0.6) is 0 Å². The van der Waals surface area contributed by atoms with E-state index in [9.17, 15) is 0 Å². The van der Waals surface area contributed by atoms with Gasteiger partial charge in [-0.2, -0.15) is 0 Å². The number of para-hydroxylation sites is 2. The van der Waals surface area contributed by atoms with Crippen molar-refractivity contribution in [3.05, 3.63) is 200 Å². The SMILES string of the molecule is c1ccc2cc(-c3c4ccccc4c(-c4ccc5ccccc5c4)c4cc(N(c5ccc6ccccc6n5)c5ccc6ccccc6n5)ccc34)ccc2c1. The zero-order valence-corrected chi connectivity index (χ0v) is 29.9. The van der Waals surface area contributed by atoms with Gasteiger partial charge in [-0.05, 0) is 126 Å². The van der Waals surface area contributed by atoms with Crippen molar-refractivity contribution in [1.29, 1.82) is 0 Å². The second-order valence-corrected chi connectivity index (χ2v) is 14.2. The van der Waals surface area contributed by atoms with Crippen LogP contribution in [0.3, 0.4) is 0 Å². The number of pyridine rings is 2. The monoisotopic (exact) mass is 699 g/mol. The van der Waals surface area contributed by atoms with Crippen LogP contribution < -0.4 is 4.90 Å². The second kappa shape index (κ2) is 12.6. The van der Waals surface area contributed by atoms with Crippen molar-refractivity contribution < 1.29 is 0 Å². The Labute approximate surface area is 318 Å². The van der Waals surface area contributed by atoms with Gasteiger partial charge in [-0.3, -0.25) is 4.90 Å². The Bertz CT molecular complexity index is 3210. The fourth-order valence-electron chi connectivity index (χ4n) is 8.36. The molecular weight excluding hydrogens is 667 g/mol. The molecule has 0 saturated carbocycles. The van der Waals surface area contributed by atoms with Crippen molar-refractivity contribution in [3.8, 4) is 22.3 Å². The highest BCUT2D eigenvalue weighted by Crippen LogP contribution is 2.47. The molecule has 0 amide bonds. The highest BCUT2D eigenvalue weighted by molar-refractivity contribution is 6.22. The molecule has 2 heterocycles. The van der Waals surface area contributed by atoms with Crippen molar-refractivity contribution >= 4 is 82.2 Å². The Balaban J connectivity index is 1.24. The van der Waals surface area contributed by atoms with Gasteiger partial charge in [0, 0.05) is 16.5 Å². The van der Waals surface area contributed by atoms with Gasteiger partial charge in [-0.15, -0.1) is 0 Å². The summed E-state index contributed by atoms with van der Waals surface area (Å²) in [5, 5.41) is 11.9. The third-order valence-corrected chi connectivity index (χ3v) is 11.0. The Morgan fingerprint density at radius 3 is 1.25 bits per heavy atom.